The molecule has 8 nitrogen and oxygen atoms in total. The Morgan fingerprint density at radius 2 is 1.23 bits per heavy atom. The van der Waals surface area contributed by atoms with Crippen LogP contribution in [0.15, 0.2) is 136 Å². The van der Waals surface area contributed by atoms with Gasteiger partial charge in [-0.2, -0.15) is 0 Å². The molecular formula is C56H56IrN4O4-2. The summed E-state index contributed by atoms with van der Waals surface area (Å²) in [5, 5.41) is 13.7. The van der Waals surface area contributed by atoms with E-state index in [1.165, 1.54) is 17.2 Å². The van der Waals surface area contributed by atoms with Crippen LogP contribution in [0.4, 0.5) is 0 Å². The third-order valence-corrected chi connectivity index (χ3v) is 10.4. The van der Waals surface area contributed by atoms with E-state index in [0.29, 0.717) is 30.2 Å². The summed E-state index contributed by atoms with van der Waals surface area (Å²) in [6.45, 7) is 20.5. The summed E-state index contributed by atoms with van der Waals surface area (Å²) < 4.78 is 12.0. The molecule has 335 valence electrons. The molecule has 3 aromatic carbocycles. The predicted octanol–water partition coefficient (Wildman–Crippen LogP) is 15.0. The molecule has 1 radical (unpaired) electrons. The number of hydrogen-bond donors (Lipinski definition) is 1. The number of aliphatic hydroxyl groups is 1. The van der Waals surface area contributed by atoms with Crippen LogP contribution in [0.5, 0.6) is 0 Å². The number of aliphatic hydroxyl groups excluding tert-OH is 1. The molecule has 6 aromatic heterocycles. The first-order valence-corrected chi connectivity index (χ1v) is 21.7. The topological polar surface area (TPSA) is 115 Å². The first-order valence-electron chi connectivity index (χ1n) is 21.7. The fourth-order valence-corrected chi connectivity index (χ4v) is 7.46. The van der Waals surface area contributed by atoms with Crippen LogP contribution in [0.2, 0.25) is 0 Å². The standard InChI is InChI=1S/C26H21N2O.C17H11N2O.C13H24O2.Ir/c1-16(2)18-6-4-7-19(14-18)20-11-13-24(27-15-20)23-9-5-8-21-22-12-10-17(3)28-26(22)29-25(21)23;1-11-8-9-13-12-5-4-6-14(15-7-2-3-10-18-15)16(12)20-17(13)19-11;1-12(2,3)8-10(14)7-11(15)9-13(4,5)6;/h4-8,10-16H,1-3H3;2-5,7-10H,1H3;7,14H,8-9H2,1-6H3;/q2*-1;;/b;;10-7-;. The summed E-state index contributed by atoms with van der Waals surface area (Å²) in [7, 11) is 0. The number of hydrogen-bond acceptors (Lipinski definition) is 8. The molecule has 0 amide bonds. The number of ketones is 1. The van der Waals surface area contributed by atoms with Crippen LogP contribution in [0, 0.1) is 36.8 Å². The Balaban J connectivity index is 0.000000171. The molecule has 9 heteroatoms. The Morgan fingerprint density at radius 3 is 1.72 bits per heavy atom. The smallest absolute Gasteiger partial charge is 0.216 e. The molecule has 0 aliphatic rings. The molecule has 0 saturated carbocycles. The molecule has 0 spiro atoms. The molecule has 9 aromatic rings. The number of furan rings is 2. The Kier molecular flexibility index (Phi) is 15.0. The zero-order chi connectivity index (χ0) is 45.8. The van der Waals surface area contributed by atoms with Crippen molar-refractivity contribution < 1.29 is 38.8 Å². The SMILES string of the molecule is CC(C)(C)CC(=O)/C=C(\O)CC(C)(C)C.Cc1ccc2c(n1)oc1c(-c3ccc(-c4cccc(C(C)C)c4)cn3)[c-]ccc12.Cc1ccc2c(n1)oc1c(-c3ccccn3)[c-]ccc12.[Ir]. The van der Waals surface area contributed by atoms with Crippen LogP contribution >= 0.6 is 0 Å². The van der Waals surface area contributed by atoms with Gasteiger partial charge in [0.1, 0.15) is 0 Å². The van der Waals surface area contributed by atoms with Crippen LogP contribution < -0.4 is 0 Å². The summed E-state index contributed by atoms with van der Waals surface area (Å²) in [5.41, 5.74) is 11.8. The van der Waals surface area contributed by atoms with E-state index in [0.717, 1.165) is 72.2 Å². The maximum absolute atomic E-state index is 11.5. The quantitative estimate of drug-likeness (QED) is 0.0953. The number of rotatable bonds is 7. The first kappa shape index (κ1) is 48.2. The molecule has 9 rings (SSSR count). The minimum atomic E-state index is -0.0183. The van der Waals surface area contributed by atoms with Crippen LogP contribution in [0.25, 0.3) is 77.8 Å². The van der Waals surface area contributed by atoms with E-state index in [4.69, 9.17) is 13.8 Å². The van der Waals surface area contributed by atoms with E-state index >= 15 is 0 Å². The Morgan fingerprint density at radius 1 is 0.662 bits per heavy atom. The Bertz CT molecular complexity index is 3100. The molecule has 0 unspecified atom stereocenters. The fraction of sp³-hybridized carbons (Fsp3) is 0.268. The number of carbonyl (C=O) groups is 1. The number of aryl methyl sites for hydroxylation is 2. The average Bonchev–Trinajstić information content (AvgIpc) is 3.80. The number of pyridine rings is 4. The summed E-state index contributed by atoms with van der Waals surface area (Å²) in [6.07, 6.45) is 6.08. The van der Waals surface area contributed by atoms with Crippen LogP contribution in [0.1, 0.15) is 91.1 Å². The second-order valence-electron chi connectivity index (χ2n) is 19.0. The van der Waals surface area contributed by atoms with Gasteiger partial charge in [0, 0.05) is 73.6 Å². The molecule has 0 atom stereocenters. The van der Waals surface area contributed by atoms with Gasteiger partial charge in [-0.1, -0.05) is 126 Å². The summed E-state index contributed by atoms with van der Waals surface area (Å²) >= 11 is 0. The van der Waals surface area contributed by atoms with Gasteiger partial charge in [0.2, 0.25) is 11.4 Å². The van der Waals surface area contributed by atoms with E-state index in [2.05, 4.69) is 77.3 Å². The molecule has 0 bridgehead atoms. The van der Waals surface area contributed by atoms with Crippen molar-refractivity contribution in [3.63, 3.8) is 0 Å². The Labute approximate surface area is 395 Å². The van der Waals surface area contributed by atoms with Gasteiger partial charge in [-0.05, 0) is 89.0 Å². The number of carbonyl (C=O) groups excluding carboxylic acids is 1. The third kappa shape index (κ3) is 12.1. The maximum Gasteiger partial charge on any atom is 0.216 e. The molecule has 0 aliphatic carbocycles. The second kappa shape index (κ2) is 20.3. The van der Waals surface area contributed by atoms with Crippen molar-refractivity contribution in [2.24, 2.45) is 10.8 Å². The van der Waals surface area contributed by atoms with Crippen molar-refractivity contribution in [3.05, 3.63) is 156 Å². The van der Waals surface area contributed by atoms with Crippen molar-refractivity contribution in [3.8, 4) is 33.6 Å². The van der Waals surface area contributed by atoms with Crippen molar-refractivity contribution in [1.82, 2.24) is 19.9 Å². The molecule has 65 heavy (non-hydrogen) atoms. The van der Waals surface area contributed by atoms with Gasteiger partial charge >= 0.3 is 0 Å². The number of fused-ring (bicyclic) bond motifs is 6. The minimum absolute atomic E-state index is 0. The van der Waals surface area contributed by atoms with Crippen molar-refractivity contribution in [2.45, 2.75) is 88.0 Å². The van der Waals surface area contributed by atoms with Gasteiger partial charge in [-0.3, -0.25) is 4.79 Å². The summed E-state index contributed by atoms with van der Waals surface area (Å²) in [6, 6.07) is 41.1. The van der Waals surface area contributed by atoms with E-state index in [1.54, 1.807) is 6.20 Å². The number of nitrogens with zero attached hydrogens (tertiary/aromatic N) is 4. The number of allylic oxidation sites excluding steroid dienone is 2. The molecular weight excluding hydrogens is 985 g/mol. The largest absolute Gasteiger partial charge is 0.512 e. The van der Waals surface area contributed by atoms with Gasteiger partial charge < -0.3 is 23.9 Å². The average molecular weight is 1040 g/mol. The second-order valence-corrected chi connectivity index (χ2v) is 19.0. The van der Waals surface area contributed by atoms with E-state index < -0.39 is 0 Å². The van der Waals surface area contributed by atoms with E-state index in [9.17, 15) is 9.90 Å². The van der Waals surface area contributed by atoms with Gasteiger partial charge in [-0.15, -0.1) is 36.4 Å². The minimum Gasteiger partial charge on any atom is -0.512 e. The molecule has 0 saturated heterocycles. The first-order chi connectivity index (χ1) is 30.4. The molecule has 0 fully saturated rings. The van der Waals surface area contributed by atoms with Gasteiger partial charge in [0.25, 0.3) is 0 Å². The summed E-state index contributed by atoms with van der Waals surface area (Å²) in [5.74, 6) is 0.695. The third-order valence-electron chi connectivity index (χ3n) is 10.4. The zero-order valence-corrected chi connectivity index (χ0v) is 41.2. The Hall–Kier alpha value is -6.28. The van der Waals surface area contributed by atoms with Crippen molar-refractivity contribution in [1.29, 1.82) is 0 Å². The van der Waals surface area contributed by atoms with Gasteiger partial charge in [-0.25, -0.2) is 9.97 Å². The monoisotopic (exact) mass is 1040 g/mol. The molecule has 1 N–H and O–H groups in total. The van der Waals surface area contributed by atoms with E-state index in [1.807, 2.05) is 128 Å². The van der Waals surface area contributed by atoms with Crippen molar-refractivity contribution in [2.75, 3.05) is 0 Å². The normalized spacial score (nSPS) is 11.9. The number of aromatic nitrogens is 4. The maximum atomic E-state index is 11.5. The van der Waals surface area contributed by atoms with E-state index in [-0.39, 0.29) is 42.5 Å². The fourth-order valence-electron chi connectivity index (χ4n) is 7.46. The summed E-state index contributed by atoms with van der Waals surface area (Å²) in [4.78, 5) is 29.6. The van der Waals surface area contributed by atoms with Gasteiger partial charge in [0.05, 0.1) is 16.9 Å². The van der Waals surface area contributed by atoms with Crippen LogP contribution in [-0.2, 0) is 24.9 Å². The zero-order valence-electron chi connectivity index (χ0n) is 38.8. The molecule has 0 aliphatic heterocycles. The van der Waals surface area contributed by atoms with Crippen molar-refractivity contribution >= 4 is 49.9 Å². The van der Waals surface area contributed by atoms with Crippen LogP contribution in [0.3, 0.4) is 0 Å². The number of benzene rings is 3. The van der Waals surface area contributed by atoms with Gasteiger partial charge in [0.15, 0.2) is 5.78 Å². The molecule has 6 heterocycles. The van der Waals surface area contributed by atoms with Crippen LogP contribution in [-0.4, -0.2) is 30.8 Å². The predicted molar refractivity (Wildman–Crippen MR) is 260 cm³/mol.